The second-order valence-electron chi connectivity index (χ2n) is 3.63. The van der Waals surface area contributed by atoms with Gasteiger partial charge < -0.3 is 4.74 Å². The number of halogens is 2. The number of hydrogen-bond donors (Lipinski definition) is 0. The standard InChI is InChI=1S/C12H16Br2O/c1-7-10(5-13)8(2)12(15-4)9(3)11(7)6-14/h5-6H2,1-4H3. The van der Waals surface area contributed by atoms with Gasteiger partial charge in [0.2, 0.25) is 0 Å². The maximum absolute atomic E-state index is 5.47. The third-order valence-corrected chi connectivity index (χ3v) is 4.08. The number of methoxy groups -OCH3 is 1. The first-order valence-corrected chi connectivity index (χ1v) is 7.10. The Kier molecular flexibility index (Phi) is 4.65. The van der Waals surface area contributed by atoms with Crippen molar-refractivity contribution in [2.45, 2.75) is 31.4 Å². The highest BCUT2D eigenvalue weighted by molar-refractivity contribution is 9.08. The minimum absolute atomic E-state index is 0.876. The molecule has 0 heterocycles. The van der Waals surface area contributed by atoms with Crippen molar-refractivity contribution < 1.29 is 4.74 Å². The maximum atomic E-state index is 5.47. The van der Waals surface area contributed by atoms with Gasteiger partial charge in [-0.05, 0) is 48.6 Å². The van der Waals surface area contributed by atoms with Crippen molar-refractivity contribution in [2.75, 3.05) is 7.11 Å². The van der Waals surface area contributed by atoms with Crippen LogP contribution in [0.3, 0.4) is 0 Å². The lowest BCUT2D eigenvalue weighted by molar-refractivity contribution is 0.407. The van der Waals surface area contributed by atoms with Gasteiger partial charge >= 0.3 is 0 Å². The van der Waals surface area contributed by atoms with E-state index in [-0.39, 0.29) is 0 Å². The number of hydrogen-bond acceptors (Lipinski definition) is 1. The van der Waals surface area contributed by atoms with E-state index in [1.54, 1.807) is 7.11 Å². The molecule has 0 aromatic heterocycles. The van der Waals surface area contributed by atoms with Gasteiger partial charge in [-0.25, -0.2) is 0 Å². The largest absolute Gasteiger partial charge is 0.496 e. The second-order valence-corrected chi connectivity index (χ2v) is 4.75. The lowest BCUT2D eigenvalue weighted by Crippen LogP contribution is -2.03. The fraction of sp³-hybridized carbons (Fsp3) is 0.500. The molecular formula is C12H16Br2O. The molecule has 1 aromatic carbocycles. The van der Waals surface area contributed by atoms with Crippen LogP contribution in [-0.4, -0.2) is 7.11 Å². The van der Waals surface area contributed by atoms with Gasteiger partial charge in [0.05, 0.1) is 7.11 Å². The normalized spacial score (nSPS) is 10.5. The van der Waals surface area contributed by atoms with E-state index in [0.717, 1.165) is 16.4 Å². The summed E-state index contributed by atoms with van der Waals surface area (Å²) in [5.74, 6) is 1.02. The Hall–Kier alpha value is -0.0200. The number of alkyl halides is 2. The van der Waals surface area contributed by atoms with Gasteiger partial charge in [-0.1, -0.05) is 31.9 Å². The van der Waals surface area contributed by atoms with Crippen LogP contribution in [0.1, 0.15) is 27.8 Å². The van der Waals surface area contributed by atoms with Crippen LogP contribution >= 0.6 is 31.9 Å². The van der Waals surface area contributed by atoms with Crippen LogP contribution in [0.25, 0.3) is 0 Å². The molecule has 1 aromatic rings. The van der Waals surface area contributed by atoms with E-state index >= 15 is 0 Å². The second kappa shape index (κ2) is 5.35. The van der Waals surface area contributed by atoms with E-state index in [2.05, 4.69) is 52.6 Å². The van der Waals surface area contributed by atoms with Crippen molar-refractivity contribution in [3.05, 3.63) is 27.8 Å². The van der Waals surface area contributed by atoms with Gasteiger partial charge in [0.1, 0.15) is 5.75 Å². The van der Waals surface area contributed by atoms with Crippen LogP contribution in [0.5, 0.6) is 5.75 Å². The zero-order valence-corrected chi connectivity index (χ0v) is 12.8. The van der Waals surface area contributed by atoms with Crippen LogP contribution in [0.4, 0.5) is 0 Å². The Morgan fingerprint density at radius 1 is 0.867 bits per heavy atom. The highest BCUT2D eigenvalue weighted by atomic mass is 79.9. The van der Waals surface area contributed by atoms with Crippen LogP contribution in [0, 0.1) is 20.8 Å². The Morgan fingerprint density at radius 3 is 1.53 bits per heavy atom. The fourth-order valence-corrected chi connectivity index (χ4v) is 3.69. The molecule has 0 spiro atoms. The monoisotopic (exact) mass is 334 g/mol. The van der Waals surface area contributed by atoms with Crippen LogP contribution in [0.2, 0.25) is 0 Å². The van der Waals surface area contributed by atoms with Crippen molar-refractivity contribution in [1.82, 2.24) is 0 Å². The molecule has 0 aliphatic heterocycles. The number of rotatable bonds is 3. The molecule has 84 valence electrons. The van der Waals surface area contributed by atoms with Gasteiger partial charge in [-0.15, -0.1) is 0 Å². The van der Waals surface area contributed by atoms with Crippen molar-refractivity contribution in [3.8, 4) is 5.75 Å². The molecule has 3 heteroatoms. The minimum atomic E-state index is 0.876. The van der Waals surface area contributed by atoms with Crippen molar-refractivity contribution in [3.63, 3.8) is 0 Å². The molecule has 0 bridgehead atoms. The van der Waals surface area contributed by atoms with E-state index < -0.39 is 0 Å². The summed E-state index contributed by atoms with van der Waals surface area (Å²) < 4.78 is 5.47. The summed E-state index contributed by atoms with van der Waals surface area (Å²) in [6.07, 6.45) is 0. The first-order valence-electron chi connectivity index (χ1n) is 4.85. The maximum Gasteiger partial charge on any atom is 0.125 e. The van der Waals surface area contributed by atoms with E-state index in [1.807, 2.05) is 0 Å². The zero-order chi connectivity index (χ0) is 11.6. The average molecular weight is 336 g/mol. The molecule has 0 N–H and O–H groups in total. The average Bonchev–Trinajstić information content (AvgIpc) is 2.19. The lowest BCUT2D eigenvalue weighted by Gasteiger charge is -2.19. The summed E-state index contributed by atoms with van der Waals surface area (Å²) in [4.78, 5) is 0. The smallest absolute Gasteiger partial charge is 0.125 e. The molecule has 15 heavy (non-hydrogen) atoms. The van der Waals surface area contributed by atoms with Gasteiger partial charge in [0.25, 0.3) is 0 Å². The highest BCUT2D eigenvalue weighted by Gasteiger charge is 2.15. The zero-order valence-electron chi connectivity index (χ0n) is 9.58. The van der Waals surface area contributed by atoms with Gasteiger partial charge in [0.15, 0.2) is 0 Å². The Morgan fingerprint density at radius 2 is 1.27 bits per heavy atom. The third kappa shape index (κ3) is 2.23. The molecule has 0 fully saturated rings. The first-order chi connectivity index (χ1) is 7.08. The van der Waals surface area contributed by atoms with E-state index in [9.17, 15) is 0 Å². The molecule has 0 aliphatic rings. The molecule has 0 amide bonds. The molecule has 0 atom stereocenters. The summed E-state index contributed by atoms with van der Waals surface area (Å²) >= 11 is 7.08. The molecule has 1 rings (SSSR count). The van der Waals surface area contributed by atoms with Crippen LogP contribution < -0.4 is 4.74 Å². The summed E-state index contributed by atoms with van der Waals surface area (Å²) in [5.41, 5.74) is 6.53. The van der Waals surface area contributed by atoms with Gasteiger partial charge in [0, 0.05) is 10.7 Å². The highest BCUT2D eigenvalue weighted by Crippen LogP contribution is 2.34. The predicted molar refractivity (Wildman–Crippen MR) is 72.5 cm³/mol. The molecule has 1 nitrogen and oxygen atoms in total. The van der Waals surface area contributed by atoms with Gasteiger partial charge in [-0.2, -0.15) is 0 Å². The van der Waals surface area contributed by atoms with Crippen LogP contribution in [-0.2, 0) is 10.7 Å². The van der Waals surface area contributed by atoms with E-state index in [1.165, 1.54) is 27.8 Å². The Balaban J connectivity index is 3.57. The Labute approximate surface area is 108 Å². The fourth-order valence-electron chi connectivity index (χ4n) is 2.01. The molecular weight excluding hydrogens is 320 g/mol. The summed E-state index contributed by atoms with van der Waals surface area (Å²) in [7, 11) is 1.74. The van der Waals surface area contributed by atoms with Crippen molar-refractivity contribution in [2.24, 2.45) is 0 Å². The first kappa shape index (κ1) is 13.0. The van der Waals surface area contributed by atoms with Crippen molar-refractivity contribution >= 4 is 31.9 Å². The summed E-state index contributed by atoms with van der Waals surface area (Å²) in [5, 5.41) is 1.75. The van der Waals surface area contributed by atoms with Crippen molar-refractivity contribution in [1.29, 1.82) is 0 Å². The number of benzene rings is 1. The number of ether oxygens (including phenoxy) is 1. The molecule has 0 saturated heterocycles. The van der Waals surface area contributed by atoms with E-state index in [0.29, 0.717) is 0 Å². The topological polar surface area (TPSA) is 9.23 Å². The summed E-state index contributed by atoms with van der Waals surface area (Å²) in [6, 6.07) is 0. The summed E-state index contributed by atoms with van der Waals surface area (Å²) in [6.45, 7) is 6.41. The van der Waals surface area contributed by atoms with E-state index in [4.69, 9.17) is 4.74 Å². The molecule has 0 aliphatic carbocycles. The quantitative estimate of drug-likeness (QED) is 0.743. The van der Waals surface area contributed by atoms with Crippen LogP contribution in [0.15, 0.2) is 0 Å². The molecule has 0 radical (unpaired) electrons. The Bertz CT molecular complexity index is 294. The SMILES string of the molecule is COc1c(C)c(CBr)c(C)c(CBr)c1C. The van der Waals surface area contributed by atoms with Gasteiger partial charge in [-0.3, -0.25) is 0 Å². The predicted octanol–water partition coefficient (Wildman–Crippen LogP) is 4.41. The molecule has 0 unspecified atom stereocenters. The lowest BCUT2D eigenvalue weighted by atomic mass is 9.94. The molecule has 0 saturated carbocycles. The minimum Gasteiger partial charge on any atom is -0.496 e. The third-order valence-electron chi connectivity index (χ3n) is 2.96.